The number of rotatable bonds is 11. The number of anilines is 2. The van der Waals surface area contributed by atoms with Gasteiger partial charge < -0.3 is 29.2 Å². The van der Waals surface area contributed by atoms with E-state index in [0.717, 1.165) is 24.2 Å². The van der Waals surface area contributed by atoms with Gasteiger partial charge in [-0.05, 0) is 61.7 Å². The van der Waals surface area contributed by atoms with E-state index >= 15 is 0 Å². The number of ether oxygens (including phenoxy) is 4. The topological polar surface area (TPSA) is 86.3 Å². The normalized spacial score (nSPS) is 12.4. The van der Waals surface area contributed by atoms with Gasteiger partial charge in [0.2, 0.25) is 0 Å². The Morgan fingerprint density at radius 3 is 2.67 bits per heavy atom. The summed E-state index contributed by atoms with van der Waals surface area (Å²) in [4.78, 5) is 26.7. The molecule has 0 saturated carbocycles. The van der Waals surface area contributed by atoms with Crippen molar-refractivity contribution in [2.75, 3.05) is 43.7 Å². The number of fused-ring (bicyclic) bond motifs is 1. The van der Waals surface area contributed by atoms with Gasteiger partial charge in [0, 0.05) is 18.3 Å². The molecule has 0 fully saturated rings. The molecule has 0 aromatic heterocycles. The van der Waals surface area contributed by atoms with Crippen LogP contribution >= 0.6 is 0 Å². The highest BCUT2D eigenvalue weighted by Crippen LogP contribution is 2.35. The van der Waals surface area contributed by atoms with Crippen molar-refractivity contribution >= 4 is 23.2 Å². The maximum Gasteiger partial charge on any atom is 0.265 e. The molecule has 188 valence electrons. The lowest BCUT2D eigenvalue weighted by Crippen LogP contribution is -2.39. The second-order valence-corrected chi connectivity index (χ2v) is 8.35. The van der Waals surface area contributed by atoms with E-state index in [1.54, 1.807) is 54.5 Å². The molecular formula is C28H30N2O6. The van der Waals surface area contributed by atoms with Crippen molar-refractivity contribution in [3.05, 3.63) is 72.3 Å². The summed E-state index contributed by atoms with van der Waals surface area (Å²) in [5.41, 5.74) is 2.29. The fraction of sp³-hybridized carbons (Fsp3) is 0.286. The molecule has 2 amide bonds. The van der Waals surface area contributed by atoms with Gasteiger partial charge in [-0.15, -0.1) is 0 Å². The summed E-state index contributed by atoms with van der Waals surface area (Å²) in [7, 11) is 1.57. The molecule has 36 heavy (non-hydrogen) atoms. The van der Waals surface area contributed by atoms with Gasteiger partial charge in [-0.1, -0.05) is 24.3 Å². The summed E-state index contributed by atoms with van der Waals surface area (Å²) in [5, 5.41) is 2.82. The molecule has 0 atom stereocenters. The molecule has 0 aliphatic carbocycles. The van der Waals surface area contributed by atoms with Crippen molar-refractivity contribution in [2.45, 2.75) is 19.8 Å². The van der Waals surface area contributed by atoms with Crippen molar-refractivity contribution in [1.29, 1.82) is 0 Å². The molecule has 3 aromatic carbocycles. The Bertz CT molecular complexity index is 1210. The van der Waals surface area contributed by atoms with Gasteiger partial charge in [0.05, 0.1) is 19.4 Å². The molecular weight excluding hydrogens is 460 g/mol. The molecule has 1 aliphatic heterocycles. The van der Waals surface area contributed by atoms with Crippen molar-refractivity contribution in [1.82, 2.24) is 0 Å². The molecule has 0 unspecified atom stereocenters. The van der Waals surface area contributed by atoms with Gasteiger partial charge in [0.25, 0.3) is 11.8 Å². The molecule has 0 spiro atoms. The van der Waals surface area contributed by atoms with Crippen LogP contribution in [0.3, 0.4) is 0 Å². The van der Waals surface area contributed by atoms with Gasteiger partial charge in [0.15, 0.2) is 13.2 Å². The minimum Gasteiger partial charge on any atom is -0.497 e. The van der Waals surface area contributed by atoms with E-state index in [4.69, 9.17) is 18.9 Å². The minimum absolute atomic E-state index is 0.00715. The predicted molar refractivity (Wildman–Crippen MR) is 137 cm³/mol. The minimum atomic E-state index is -0.319. The lowest BCUT2D eigenvalue weighted by molar-refractivity contribution is -0.121. The SMILES string of the molecule is COc1cccc(OCC(=O)Nc2ccc3c(c2)N(CCCCOc2ccccc2C)C(=O)CO3)c1. The zero-order chi connectivity index (χ0) is 25.3. The fourth-order valence-corrected chi connectivity index (χ4v) is 3.83. The van der Waals surface area contributed by atoms with Gasteiger partial charge in [0.1, 0.15) is 23.0 Å². The summed E-state index contributed by atoms with van der Waals surface area (Å²) < 4.78 is 22.2. The zero-order valence-electron chi connectivity index (χ0n) is 20.5. The largest absolute Gasteiger partial charge is 0.497 e. The lowest BCUT2D eigenvalue weighted by Gasteiger charge is -2.30. The third-order valence-corrected chi connectivity index (χ3v) is 5.72. The number of hydrogen-bond acceptors (Lipinski definition) is 6. The lowest BCUT2D eigenvalue weighted by atomic mass is 10.2. The molecule has 8 heteroatoms. The Labute approximate surface area is 210 Å². The average molecular weight is 491 g/mol. The van der Waals surface area contributed by atoms with Gasteiger partial charge in [-0.2, -0.15) is 0 Å². The van der Waals surface area contributed by atoms with Crippen molar-refractivity contribution in [3.63, 3.8) is 0 Å². The maximum atomic E-state index is 12.6. The first-order valence-electron chi connectivity index (χ1n) is 11.9. The second-order valence-electron chi connectivity index (χ2n) is 8.35. The van der Waals surface area contributed by atoms with Crippen molar-refractivity contribution in [2.24, 2.45) is 0 Å². The number of methoxy groups -OCH3 is 1. The van der Waals surface area contributed by atoms with Crippen LogP contribution in [-0.4, -0.2) is 45.3 Å². The maximum absolute atomic E-state index is 12.6. The van der Waals surface area contributed by atoms with Crippen molar-refractivity contribution < 1.29 is 28.5 Å². The van der Waals surface area contributed by atoms with Crippen LogP contribution in [0.25, 0.3) is 0 Å². The summed E-state index contributed by atoms with van der Waals surface area (Å²) in [6.45, 7) is 2.94. The van der Waals surface area contributed by atoms with E-state index < -0.39 is 0 Å². The van der Waals surface area contributed by atoms with Gasteiger partial charge in [-0.25, -0.2) is 0 Å². The number of para-hydroxylation sites is 1. The summed E-state index contributed by atoms with van der Waals surface area (Å²) in [6, 6.07) is 20.2. The van der Waals surface area contributed by atoms with Crippen molar-refractivity contribution in [3.8, 4) is 23.0 Å². The van der Waals surface area contributed by atoms with E-state index in [-0.39, 0.29) is 25.0 Å². The third kappa shape index (κ3) is 6.47. The molecule has 0 radical (unpaired) electrons. The number of nitrogens with zero attached hydrogens (tertiary/aromatic N) is 1. The zero-order valence-corrected chi connectivity index (χ0v) is 20.5. The highest BCUT2D eigenvalue weighted by Gasteiger charge is 2.25. The first-order valence-corrected chi connectivity index (χ1v) is 11.9. The van der Waals surface area contributed by atoms with Crippen LogP contribution < -0.4 is 29.2 Å². The predicted octanol–water partition coefficient (Wildman–Crippen LogP) is 4.61. The Hall–Kier alpha value is -4.20. The average Bonchev–Trinajstić information content (AvgIpc) is 2.89. The van der Waals surface area contributed by atoms with Gasteiger partial charge >= 0.3 is 0 Å². The molecule has 3 aromatic rings. The number of carbonyl (C=O) groups excluding carboxylic acids is 2. The standard InChI is InChI=1S/C28H30N2O6/c1-20-8-3-4-11-25(20)34-15-6-5-14-30-24-16-21(12-13-26(24)36-19-28(30)32)29-27(31)18-35-23-10-7-9-22(17-23)33-2/h3-4,7-13,16-17H,5-6,14-15,18-19H2,1-2H3,(H,29,31). The monoisotopic (exact) mass is 490 g/mol. The number of aryl methyl sites for hydroxylation is 1. The van der Waals surface area contributed by atoms with Crippen LogP contribution in [-0.2, 0) is 9.59 Å². The highest BCUT2D eigenvalue weighted by atomic mass is 16.5. The first-order chi connectivity index (χ1) is 17.5. The van der Waals surface area contributed by atoms with E-state index in [1.807, 2.05) is 31.2 Å². The number of nitrogens with one attached hydrogen (secondary N) is 1. The van der Waals surface area contributed by atoms with E-state index in [0.29, 0.717) is 41.8 Å². The Balaban J connectivity index is 1.31. The fourth-order valence-electron chi connectivity index (χ4n) is 3.83. The van der Waals surface area contributed by atoms with Crippen LogP contribution in [0.4, 0.5) is 11.4 Å². The number of carbonyl (C=O) groups is 2. The molecule has 1 heterocycles. The molecule has 4 rings (SSSR count). The van der Waals surface area contributed by atoms with Crippen LogP contribution in [0.2, 0.25) is 0 Å². The molecule has 1 N–H and O–H groups in total. The Kier molecular flexibility index (Phi) is 8.28. The number of unbranched alkanes of at least 4 members (excludes halogenated alkanes) is 1. The van der Waals surface area contributed by atoms with E-state index in [2.05, 4.69) is 5.32 Å². The molecule has 1 aliphatic rings. The summed E-state index contributed by atoms with van der Waals surface area (Å²) >= 11 is 0. The highest BCUT2D eigenvalue weighted by molar-refractivity contribution is 5.99. The first kappa shape index (κ1) is 24.9. The smallest absolute Gasteiger partial charge is 0.265 e. The van der Waals surface area contributed by atoms with Crippen LogP contribution in [0, 0.1) is 6.92 Å². The summed E-state index contributed by atoms with van der Waals surface area (Å²) in [5.74, 6) is 2.23. The number of hydrogen-bond donors (Lipinski definition) is 1. The quantitative estimate of drug-likeness (QED) is 0.395. The van der Waals surface area contributed by atoms with Gasteiger partial charge in [-0.3, -0.25) is 9.59 Å². The van der Waals surface area contributed by atoms with E-state index in [9.17, 15) is 9.59 Å². The van der Waals surface area contributed by atoms with E-state index in [1.165, 1.54) is 0 Å². The molecule has 0 bridgehead atoms. The van der Waals surface area contributed by atoms with Crippen LogP contribution in [0.1, 0.15) is 18.4 Å². The van der Waals surface area contributed by atoms with Crippen LogP contribution in [0.5, 0.6) is 23.0 Å². The second kappa shape index (κ2) is 12.0. The Morgan fingerprint density at radius 2 is 1.83 bits per heavy atom. The Morgan fingerprint density at radius 1 is 1.00 bits per heavy atom. The van der Waals surface area contributed by atoms with Crippen LogP contribution in [0.15, 0.2) is 66.7 Å². The molecule has 8 nitrogen and oxygen atoms in total. The summed E-state index contributed by atoms with van der Waals surface area (Å²) in [6.07, 6.45) is 1.56. The number of amides is 2. The number of benzene rings is 3. The molecule has 0 saturated heterocycles. The third-order valence-electron chi connectivity index (χ3n) is 5.72.